The van der Waals surface area contributed by atoms with Gasteiger partial charge in [-0.15, -0.1) is 5.10 Å². The Balaban J connectivity index is 1.48. The number of nitrogens with zero attached hydrogens (tertiary/aromatic N) is 6. The minimum absolute atomic E-state index is 0.195. The number of benzene rings is 1. The zero-order valence-corrected chi connectivity index (χ0v) is 13.8. The van der Waals surface area contributed by atoms with Crippen molar-refractivity contribution in [3.8, 4) is 0 Å². The molecule has 9 heteroatoms. The van der Waals surface area contributed by atoms with E-state index < -0.39 is 0 Å². The van der Waals surface area contributed by atoms with Gasteiger partial charge >= 0.3 is 0 Å². The summed E-state index contributed by atoms with van der Waals surface area (Å²) in [5, 5.41) is 13.5. The lowest BCUT2D eigenvalue weighted by molar-refractivity contribution is 0.0912. The first kappa shape index (κ1) is 15.3. The van der Waals surface area contributed by atoms with Gasteiger partial charge in [-0.1, -0.05) is 23.9 Å². The Labute approximate surface area is 142 Å². The monoisotopic (exact) mass is 343 g/mol. The van der Waals surface area contributed by atoms with Crippen molar-refractivity contribution in [2.24, 2.45) is 0 Å². The van der Waals surface area contributed by atoms with E-state index in [1.165, 1.54) is 11.8 Å². The molecule has 0 bridgehead atoms. The highest BCUT2D eigenvalue weighted by Gasteiger charge is 2.19. The average Bonchev–Trinajstić information content (AvgIpc) is 3.25. The van der Waals surface area contributed by atoms with E-state index in [4.69, 9.17) is 10.5 Å². The van der Waals surface area contributed by atoms with Crippen molar-refractivity contribution in [3.05, 3.63) is 30.1 Å². The molecule has 8 nitrogen and oxygen atoms in total. The summed E-state index contributed by atoms with van der Waals surface area (Å²) in [6, 6.07) is 7.72. The summed E-state index contributed by atoms with van der Waals surface area (Å²) in [5.74, 6) is 1.72. The molecule has 124 valence electrons. The van der Waals surface area contributed by atoms with Gasteiger partial charge in [0.25, 0.3) is 0 Å². The molecule has 1 saturated heterocycles. The molecule has 0 aliphatic carbocycles. The Bertz CT molecular complexity index is 847. The van der Waals surface area contributed by atoms with Crippen LogP contribution in [0.2, 0.25) is 0 Å². The Morgan fingerprint density at radius 3 is 3.08 bits per heavy atom. The third-order valence-electron chi connectivity index (χ3n) is 3.91. The van der Waals surface area contributed by atoms with Crippen LogP contribution in [0, 0.1) is 0 Å². The first-order valence-corrected chi connectivity index (χ1v) is 8.80. The standard InChI is InChI=1S/C15H17N7OS/c16-14-11-5-1-2-6-12(11)17-13(18-14)9-24-15-19-20-21-22(15)8-10-4-3-7-23-10/h1-2,5-6,10H,3-4,7-9H2,(H2,16,17,18). The molecule has 1 atom stereocenters. The number of aromatic nitrogens is 6. The Hall–Kier alpha value is -2.26. The van der Waals surface area contributed by atoms with Crippen molar-refractivity contribution in [3.63, 3.8) is 0 Å². The topological polar surface area (TPSA) is 105 Å². The Morgan fingerprint density at radius 2 is 2.21 bits per heavy atom. The molecule has 0 radical (unpaired) electrons. The van der Waals surface area contributed by atoms with Crippen LogP contribution in [0.25, 0.3) is 10.9 Å². The largest absolute Gasteiger partial charge is 0.383 e. The summed E-state index contributed by atoms with van der Waals surface area (Å²) in [6.45, 7) is 1.50. The molecule has 1 aromatic carbocycles. The molecule has 1 fully saturated rings. The predicted octanol–water partition coefficient (Wildman–Crippen LogP) is 1.67. The van der Waals surface area contributed by atoms with E-state index in [2.05, 4.69) is 25.5 Å². The van der Waals surface area contributed by atoms with Gasteiger partial charge in [-0.3, -0.25) is 0 Å². The van der Waals surface area contributed by atoms with E-state index in [0.29, 0.717) is 23.9 Å². The van der Waals surface area contributed by atoms with Crippen LogP contribution >= 0.6 is 11.8 Å². The molecule has 1 unspecified atom stereocenters. The number of para-hydroxylation sites is 1. The van der Waals surface area contributed by atoms with Crippen LogP contribution in [0.15, 0.2) is 29.4 Å². The third-order valence-corrected chi connectivity index (χ3v) is 4.86. The molecule has 0 spiro atoms. The van der Waals surface area contributed by atoms with Crippen LogP contribution in [0.4, 0.5) is 5.82 Å². The van der Waals surface area contributed by atoms with Crippen molar-refractivity contribution in [2.75, 3.05) is 12.3 Å². The number of rotatable bonds is 5. The maximum Gasteiger partial charge on any atom is 0.209 e. The lowest BCUT2D eigenvalue weighted by atomic mass is 10.2. The molecular formula is C15H17N7OS. The van der Waals surface area contributed by atoms with Gasteiger partial charge in [0, 0.05) is 12.0 Å². The van der Waals surface area contributed by atoms with Gasteiger partial charge in [-0.05, 0) is 35.4 Å². The zero-order valence-electron chi connectivity index (χ0n) is 13.0. The molecule has 2 N–H and O–H groups in total. The predicted molar refractivity (Wildman–Crippen MR) is 90.3 cm³/mol. The third kappa shape index (κ3) is 3.17. The summed E-state index contributed by atoms with van der Waals surface area (Å²) in [6.07, 6.45) is 2.34. The molecule has 1 aliphatic rings. The average molecular weight is 343 g/mol. The second-order valence-corrected chi connectivity index (χ2v) is 6.55. The quantitative estimate of drug-likeness (QED) is 0.698. The first-order valence-electron chi connectivity index (χ1n) is 7.81. The molecule has 3 heterocycles. The minimum Gasteiger partial charge on any atom is -0.383 e. The number of ether oxygens (including phenoxy) is 1. The van der Waals surface area contributed by atoms with Crippen molar-refractivity contribution in [1.29, 1.82) is 0 Å². The smallest absolute Gasteiger partial charge is 0.209 e. The number of nitrogen functional groups attached to an aromatic ring is 1. The van der Waals surface area contributed by atoms with Crippen LogP contribution in [-0.2, 0) is 17.0 Å². The number of hydrogen-bond donors (Lipinski definition) is 1. The van der Waals surface area contributed by atoms with E-state index in [1.54, 1.807) is 4.68 Å². The fourth-order valence-electron chi connectivity index (χ4n) is 2.74. The molecule has 24 heavy (non-hydrogen) atoms. The first-order chi connectivity index (χ1) is 11.8. The van der Waals surface area contributed by atoms with Crippen molar-refractivity contribution < 1.29 is 4.74 Å². The zero-order chi connectivity index (χ0) is 16.4. The second kappa shape index (κ2) is 6.70. The van der Waals surface area contributed by atoms with E-state index in [9.17, 15) is 0 Å². The number of anilines is 1. The highest BCUT2D eigenvalue weighted by molar-refractivity contribution is 7.98. The number of tetrazole rings is 1. The van der Waals surface area contributed by atoms with Gasteiger partial charge in [-0.2, -0.15) is 0 Å². The van der Waals surface area contributed by atoms with Crippen molar-refractivity contribution in [1.82, 2.24) is 30.2 Å². The van der Waals surface area contributed by atoms with Crippen LogP contribution < -0.4 is 5.73 Å². The number of fused-ring (bicyclic) bond motifs is 1. The van der Waals surface area contributed by atoms with Gasteiger partial charge in [0.2, 0.25) is 5.16 Å². The fraction of sp³-hybridized carbons (Fsp3) is 0.400. The Kier molecular flexibility index (Phi) is 4.26. The summed E-state index contributed by atoms with van der Waals surface area (Å²) in [4.78, 5) is 8.93. The van der Waals surface area contributed by atoms with Gasteiger partial charge in [0.1, 0.15) is 11.6 Å². The molecule has 0 saturated carbocycles. The summed E-state index contributed by atoms with van der Waals surface area (Å²) >= 11 is 1.50. The lowest BCUT2D eigenvalue weighted by Crippen LogP contribution is -2.16. The van der Waals surface area contributed by atoms with Gasteiger partial charge < -0.3 is 10.5 Å². The Morgan fingerprint density at radius 1 is 1.29 bits per heavy atom. The highest BCUT2D eigenvalue weighted by Crippen LogP contribution is 2.23. The summed E-state index contributed by atoms with van der Waals surface area (Å²) < 4.78 is 7.42. The molecule has 0 amide bonds. The highest BCUT2D eigenvalue weighted by atomic mass is 32.2. The van der Waals surface area contributed by atoms with E-state index >= 15 is 0 Å². The van der Waals surface area contributed by atoms with E-state index in [1.807, 2.05) is 24.3 Å². The number of thioether (sulfide) groups is 1. The summed E-state index contributed by atoms with van der Waals surface area (Å²) in [5.41, 5.74) is 6.87. The molecule has 3 aromatic rings. The van der Waals surface area contributed by atoms with Crippen molar-refractivity contribution >= 4 is 28.5 Å². The van der Waals surface area contributed by atoms with Crippen LogP contribution in [0.3, 0.4) is 0 Å². The number of hydrogen-bond acceptors (Lipinski definition) is 8. The SMILES string of the molecule is Nc1nc(CSc2nnnn2CC2CCCO2)nc2ccccc12. The van der Waals surface area contributed by atoms with Crippen LogP contribution in [0.5, 0.6) is 0 Å². The van der Waals surface area contributed by atoms with E-state index in [-0.39, 0.29) is 6.10 Å². The van der Waals surface area contributed by atoms with Gasteiger partial charge in [-0.25, -0.2) is 14.6 Å². The van der Waals surface area contributed by atoms with Gasteiger partial charge in [0.05, 0.1) is 23.9 Å². The summed E-state index contributed by atoms with van der Waals surface area (Å²) in [7, 11) is 0. The fourth-order valence-corrected chi connectivity index (χ4v) is 3.48. The number of nitrogens with two attached hydrogens (primary N) is 1. The maximum atomic E-state index is 6.02. The molecule has 2 aromatic heterocycles. The second-order valence-electron chi connectivity index (χ2n) is 5.61. The molecule has 1 aliphatic heterocycles. The van der Waals surface area contributed by atoms with Crippen LogP contribution in [0.1, 0.15) is 18.7 Å². The van der Waals surface area contributed by atoms with Crippen molar-refractivity contribution in [2.45, 2.75) is 36.4 Å². The molecule has 4 rings (SSSR count). The van der Waals surface area contributed by atoms with Crippen LogP contribution in [-0.4, -0.2) is 42.9 Å². The lowest BCUT2D eigenvalue weighted by Gasteiger charge is -2.10. The normalized spacial score (nSPS) is 17.6. The van der Waals surface area contributed by atoms with E-state index in [0.717, 1.165) is 35.5 Å². The van der Waals surface area contributed by atoms with Gasteiger partial charge in [0.15, 0.2) is 0 Å². The maximum absolute atomic E-state index is 6.02. The minimum atomic E-state index is 0.195. The molecular weight excluding hydrogens is 326 g/mol.